The summed E-state index contributed by atoms with van der Waals surface area (Å²) in [6.07, 6.45) is 0.807. The first-order chi connectivity index (χ1) is 9.13. The molecule has 3 N–H and O–H groups in total. The first-order valence-corrected chi connectivity index (χ1v) is 6.93. The number of nitrogens with one attached hydrogen (secondary N) is 1. The summed E-state index contributed by atoms with van der Waals surface area (Å²) >= 11 is 5.08. The summed E-state index contributed by atoms with van der Waals surface area (Å²) < 4.78 is 0. The average Bonchev–Trinajstić information content (AvgIpc) is 2.39. The van der Waals surface area contributed by atoms with Gasteiger partial charge in [0.15, 0.2) is 0 Å². The van der Waals surface area contributed by atoms with Crippen LogP contribution in [0.4, 0.5) is 0 Å². The summed E-state index contributed by atoms with van der Waals surface area (Å²) in [6.45, 7) is 4.29. The van der Waals surface area contributed by atoms with Crippen LogP contribution in [0.15, 0.2) is 24.3 Å². The Balaban J connectivity index is 2.20. The zero-order valence-corrected chi connectivity index (χ0v) is 11.9. The predicted molar refractivity (Wildman–Crippen MR) is 79.8 cm³/mol. The first kappa shape index (κ1) is 14.0. The fraction of sp³-hybridized carbons (Fsp3) is 0.429. The van der Waals surface area contributed by atoms with Crippen LogP contribution in [0.3, 0.4) is 0 Å². The number of hydrogen-bond acceptors (Lipinski definition) is 3. The molecular formula is C14H19N3OS. The van der Waals surface area contributed by atoms with Gasteiger partial charge in [0.05, 0.1) is 6.04 Å². The molecule has 0 bridgehead atoms. The lowest BCUT2D eigenvalue weighted by molar-refractivity contribution is -0.129. The summed E-state index contributed by atoms with van der Waals surface area (Å²) in [5.74, 6) is 0.113. The third-order valence-electron chi connectivity index (χ3n) is 3.48. The van der Waals surface area contributed by atoms with E-state index in [9.17, 15) is 4.79 Å². The van der Waals surface area contributed by atoms with Gasteiger partial charge >= 0.3 is 0 Å². The maximum absolute atomic E-state index is 11.8. The molecule has 1 saturated heterocycles. The lowest BCUT2D eigenvalue weighted by atomic mass is 10.0. The fourth-order valence-corrected chi connectivity index (χ4v) is 2.71. The van der Waals surface area contributed by atoms with Gasteiger partial charge in [0.25, 0.3) is 0 Å². The Hall–Kier alpha value is -1.46. The van der Waals surface area contributed by atoms with Crippen LogP contribution in [0.1, 0.15) is 24.5 Å². The molecule has 0 spiro atoms. The van der Waals surface area contributed by atoms with Gasteiger partial charge in [-0.3, -0.25) is 9.69 Å². The normalized spacial score (nSPS) is 20.1. The van der Waals surface area contributed by atoms with E-state index in [1.165, 1.54) is 0 Å². The molecule has 1 unspecified atom stereocenters. The molecule has 1 aliphatic rings. The predicted octanol–water partition coefficient (Wildman–Crippen LogP) is 1.03. The lowest BCUT2D eigenvalue weighted by Crippen LogP contribution is -2.54. The molecule has 19 heavy (non-hydrogen) atoms. The minimum atomic E-state index is -0.0619. The highest BCUT2D eigenvalue weighted by atomic mass is 32.1. The number of hydrogen-bond donors (Lipinski definition) is 2. The first-order valence-electron chi connectivity index (χ1n) is 6.53. The number of piperazine rings is 1. The summed E-state index contributed by atoms with van der Waals surface area (Å²) in [7, 11) is 0. The van der Waals surface area contributed by atoms with Crippen molar-refractivity contribution in [2.45, 2.75) is 25.9 Å². The number of amides is 1. The number of nitrogens with two attached hydrogens (primary N) is 1. The minimum Gasteiger partial charge on any atom is -0.389 e. The molecule has 1 aromatic rings. The van der Waals surface area contributed by atoms with Crippen molar-refractivity contribution in [3.8, 4) is 0 Å². The lowest BCUT2D eigenvalue weighted by Gasteiger charge is -2.34. The van der Waals surface area contributed by atoms with Gasteiger partial charge in [-0.25, -0.2) is 0 Å². The summed E-state index contributed by atoms with van der Waals surface area (Å²) in [5.41, 5.74) is 7.74. The quantitative estimate of drug-likeness (QED) is 0.807. The van der Waals surface area contributed by atoms with Gasteiger partial charge < -0.3 is 11.1 Å². The van der Waals surface area contributed by atoms with Crippen LogP contribution < -0.4 is 11.1 Å². The van der Waals surface area contributed by atoms with Crippen LogP contribution in [0.5, 0.6) is 0 Å². The second-order valence-electron chi connectivity index (χ2n) is 4.71. The largest absolute Gasteiger partial charge is 0.389 e. The SMILES string of the molecule is CCC1C(=O)NCCN1Cc1ccccc1C(N)=S. The standard InChI is InChI=1S/C14H19N3OS/c1-2-12-14(18)16-7-8-17(12)9-10-5-3-4-6-11(10)13(15)19/h3-6,12H,2,7-9H2,1H3,(H2,15,19)(H,16,18). The van der Waals surface area contributed by atoms with Gasteiger partial charge in [-0.15, -0.1) is 0 Å². The molecule has 1 atom stereocenters. The zero-order chi connectivity index (χ0) is 13.8. The van der Waals surface area contributed by atoms with Crippen LogP contribution >= 0.6 is 12.2 Å². The van der Waals surface area contributed by atoms with E-state index in [2.05, 4.69) is 10.2 Å². The van der Waals surface area contributed by atoms with Gasteiger partial charge in [-0.2, -0.15) is 0 Å². The molecule has 0 saturated carbocycles. The Kier molecular flexibility index (Phi) is 4.50. The molecule has 5 heteroatoms. The smallest absolute Gasteiger partial charge is 0.237 e. The highest BCUT2D eigenvalue weighted by molar-refractivity contribution is 7.80. The van der Waals surface area contributed by atoms with Crippen molar-refractivity contribution in [1.29, 1.82) is 0 Å². The van der Waals surface area contributed by atoms with Crippen molar-refractivity contribution in [3.05, 3.63) is 35.4 Å². The molecule has 4 nitrogen and oxygen atoms in total. The third kappa shape index (κ3) is 3.11. The maximum atomic E-state index is 11.8. The summed E-state index contributed by atoms with van der Waals surface area (Å²) in [5, 5.41) is 2.91. The number of nitrogens with zero attached hydrogens (tertiary/aromatic N) is 1. The van der Waals surface area contributed by atoms with Gasteiger partial charge in [-0.1, -0.05) is 43.4 Å². The van der Waals surface area contributed by atoms with Crippen molar-refractivity contribution in [2.75, 3.05) is 13.1 Å². The topological polar surface area (TPSA) is 58.4 Å². The number of carbonyl (C=O) groups is 1. The Morgan fingerprint density at radius 3 is 2.95 bits per heavy atom. The fourth-order valence-electron chi connectivity index (χ4n) is 2.51. The molecular weight excluding hydrogens is 258 g/mol. The van der Waals surface area contributed by atoms with Gasteiger partial charge in [0.2, 0.25) is 5.91 Å². The Bertz CT molecular complexity index is 489. The molecule has 2 rings (SSSR count). The van der Waals surface area contributed by atoms with E-state index in [4.69, 9.17) is 18.0 Å². The van der Waals surface area contributed by atoms with E-state index in [0.717, 1.165) is 24.1 Å². The molecule has 1 heterocycles. The van der Waals surface area contributed by atoms with Crippen LogP contribution in [-0.2, 0) is 11.3 Å². The molecule has 1 amide bonds. The van der Waals surface area contributed by atoms with Crippen molar-refractivity contribution < 1.29 is 4.79 Å². The van der Waals surface area contributed by atoms with E-state index in [1.54, 1.807) is 0 Å². The minimum absolute atomic E-state index is 0.0619. The van der Waals surface area contributed by atoms with Crippen LogP contribution in [-0.4, -0.2) is 34.9 Å². The zero-order valence-electron chi connectivity index (χ0n) is 11.1. The van der Waals surface area contributed by atoms with Crippen molar-refractivity contribution in [1.82, 2.24) is 10.2 Å². The number of carbonyl (C=O) groups excluding carboxylic acids is 1. The third-order valence-corrected chi connectivity index (χ3v) is 3.70. The van der Waals surface area contributed by atoms with Gasteiger partial charge in [-0.05, 0) is 12.0 Å². The van der Waals surface area contributed by atoms with E-state index in [0.29, 0.717) is 18.1 Å². The molecule has 0 aromatic heterocycles. The molecule has 0 radical (unpaired) electrons. The van der Waals surface area contributed by atoms with E-state index >= 15 is 0 Å². The van der Waals surface area contributed by atoms with E-state index in [-0.39, 0.29) is 11.9 Å². The van der Waals surface area contributed by atoms with Crippen molar-refractivity contribution >= 4 is 23.1 Å². The molecule has 1 aromatic carbocycles. The Labute approximate surface area is 119 Å². The van der Waals surface area contributed by atoms with Gasteiger partial charge in [0, 0.05) is 25.2 Å². The molecule has 0 aliphatic carbocycles. The van der Waals surface area contributed by atoms with Crippen LogP contribution in [0, 0.1) is 0 Å². The monoisotopic (exact) mass is 277 g/mol. The van der Waals surface area contributed by atoms with Crippen LogP contribution in [0.2, 0.25) is 0 Å². The number of thiocarbonyl (C=S) groups is 1. The molecule has 102 valence electrons. The second kappa shape index (κ2) is 6.12. The molecule has 1 aliphatic heterocycles. The van der Waals surface area contributed by atoms with Crippen molar-refractivity contribution in [2.24, 2.45) is 5.73 Å². The van der Waals surface area contributed by atoms with Crippen molar-refractivity contribution in [3.63, 3.8) is 0 Å². The Morgan fingerprint density at radius 2 is 2.26 bits per heavy atom. The van der Waals surface area contributed by atoms with Gasteiger partial charge in [0.1, 0.15) is 4.99 Å². The number of benzene rings is 1. The second-order valence-corrected chi connectivity index (χ2v) is 5.15. The van der Waals surface area contributed by atoms with E-state index < -0.39 is 0 Å². The Morgan fingerprint density at radius 1 is 1.53 bits per heavy atom. The summed E-state index contributed by atoms with van der Waals surface area (Å²) in [4.78, 5) is 14.4. The van der Waals surface area contributed by atoms with E-state index in [1.807, 2.05) is 31.2 Å². The highest BCUT2D eigenvalue weighted by Crippen LogP contribution is 2.16. The highest BCUT2D eigenvalue weighted by Gasteiger charge is 2.28. The average molecular weight is 277 g/mol. The number of rotatable bonds is 4. The van der Waals surface area contributed by atoms with Crippen LogP contribution in [0.25, 0.3) is 0 Å². The molecule has 1 fully saturated rings. The maximum Gasteiger partial charge on any atom is 0.237 e. The summed E-state index contributed by atoms with van der Waals surface area (Å²) in [6, 6.07) is 7.80.